The highest BCUT2D eigenvalue weighted by molar-refractivity contribution is 14.0. The number of ether oxygens (including phenoxy) is 1. The predicted octanol–water partition coefficient (Wildman–Crippen LogP) is 3.94. The van der Waals surface area contributed by atoms with Gasteiger partial charge >= 0.3 is 0 Å². The van der Waals surface area contributed by atoms with Crippen LogP contribution in [0.5, 0.6) is 5.75 Å². The van der Waals surface area contributed by atoms with Gasteiger partial charge in [-0.2, -0.15) is 0 Å². The number of hydrogen-bond acceptors (Lipinski definition) is 3. The molecular weight excluding hydrogens is 491 g/mol. The van der Waals surface area contributed by atoms with Gasteiger partial charge in [-0.15, -0.1) is 24.0 Å². The van der Waals surface area contributed by atoms with Crippen LogP contribution in [0.25, 0.3) is 0 Å². The topological polar surface area (TPSA) is 66.0 Å². The third-order valence-corrected chi connectivity index (χ3v) is 5.46. The van der Waals surface area contributed by atoms with Gasteiger partial charge in [0.15, 0.2) is 5.96 Å². The molecular formula is C23H37IN4O2. The second-order valence-electron chi connectivity index (χ2n) is 8.03. The van der Waals surface area contributed by atoms with Crippen LogP contribution in [0, 0.1) is 5.92 Å². The highest BCUT2D eigenvalue weighted by atomic mass is 127. The van der Waals surface area contributed by atoms with Crippen LogP contribution >= 0.6 is 24.0 Å². The summed E-state index contributed by atoms with van der Waals surface area (Å²) in [6.07, 6.45) is 7.55. The van der Waals surface area contributed by atoms with E-state index in [1.165, 1.54) is 19.3 Å². The van der Waals surface area contributed by atoms with Crippen LogP contribution in [0.4, 0.5) is 0 Å². The number of likely N-dealkylation sites (tertiary alicyclic amines) is 1. The van der Waals surface area contributed by atoms with Crippen LogP contribution in [0.15, 0.2) is 29.3 Å². The van der Waals surface area contributed by atoms with Crippen molar-refractivity contribution in [2.75, 3.05) is 32.8 Å². The van der Waals surface area contributed by atoms with E-state index in [-0.39, 0.29) is 24.0 Å². The maximum atomic E-state index is 12.1. The fraction of sp³-hybridized carbons (Fsp3) is 0.652. The van der Waals surface area contributed by atoms with Crippen LogP contribution in [-0.2, 0) is 11.3 Å². The number of carbonyl (C=O) groups is 1. The third-order valence-electron chi connectivity index (χ3n) is 5.46. The molecule has 6 nitrogen and oxygen atoms in total. The van der Waals surface area contributed by atoms with Crippen LogP contribution in [0.3, 0.4) is 0 Å². The molecule has 7 heteroatoms. The summed E-state index contributed by atoms with van der Waals surface area (Å²) in [4.78, 5) is 18.8. The summed E-state index contributed by atoms with van der Waals surface area (Å²) < 4.78 is 5.99. The Balaban J connectivity index is 0.00000320. The molecule has 0 radical (unpaired) electrons. The van der Waals surface area contributed by atoms with Crippen molar-refractivity contribution in [1.29, 1.82) is 0 Å². The monoisotopic (exact) mass is 528 g/mol. The van der Waals surface area contributed by atoms with E-state index >= 15 is 0 Å². The molecule has 0 unspecified atom stereocenters. The molecule has 1 heterocycles. The van der Waals surface area contributed by atoms with Gasteiger partial charge in [-0.25, -0.2) is 4.99 Å². The fourth-order valence-electron chi connectivity index (χ4n) is 3.53. The maximum absolute atomic E-state index is 12.1. The summed E-state index contributed by atoms with van der Waals surface area (Å²) in [6, 6.07) is 8.17. The van der Waals surface area contributed by atoms with E-state index < -0.39 is 0 Å². The lowest BCUT2D eigenvalue weighted by Gasteiger charge is -2.20. The molecule has 0 aromatic heterocycles. The van der Waals surface area contributed by atoms with Crippen molar-refractivity contribution in [1.82, 2.24) is 15.5 Å². The van der Waals surface area contributed by atoms with Gasteiger partial charge in [-0.3, -0.25) is 4.79 Å². The highest BCUT2D eigenvalue weighted by Gasteiger charge is 2.22. The Labute approximate surface area is 198 Å². The Bertz CT molecular complexity index is 679. The number of amides is 1. The lowest BCUT2D eigenvalue weighted by Crippen LogP contribution is -2.39. The Morgan fingerprint density at radius 2 is 2.03 bits per heavy atom. The van der Waals surface area contributed by atoms with E-state index in [0.29, 0.717) is 18.9 Å². The molecule has 30 heavy (non-hydrogen) atoms. The molecule has 2 aliphatic rings. The molecule has 0 bridgehead atoms. The summed E-state index contributed by atoms with van der Waals surface area (Å²) in [6.45, 7) is 6.81. The molecule has 2 N–H and O–H groups in total. The lowest BCUT2D eigenvalue weighted by molar-refractivity contribution is -0.130. The summed E-state index contributed by atoms with van der Waals surface area (Å²) in [5.41, 5.74) is 1.11. The Morgan fingerprint density at radius 1 is 1.20 bits per heavy atom. The van der Waals surface area contributed by atoms with Gasteiger partial charge < -0.3 is 20.3 Å². The Hall–Kier alpha value is -1.51. The smallest absolute Gasteiger partial charge is 0.222 e. The van der Waals surface area contributed by atoms with Gasteiger partial charge in [-0.1, -0.05) is 24.6 Å². The van der Waals surface area contributed by atoms with Crippen molar-refractivity contribution in [2.45, 2.75) is 58.4 Å². The normalized spacial score (nSPS) is 17.2. The number of rotatable bonds is 10. The number of aliphatic imine (C=N–C) groups is 1. The minimum absolute atomic E-state index is 0. The third kappa shape index (κ3) is 8.70. The molecule has 1 saturated heterocycles. The SMILES string of the molecule is CCNC(=NCc1ccccc1OCC1CC1)NCCCN1CCCCCC1=O.I. The zero-order chi connectivity index (χ0) is 20.3. The van der Waals surface area contributed by atoms with Crippen molar-refractivity contribution in [3.05, 3.63) is 29.8 Å². The number of nitrogens with zero attached hydrogens (tertiary/aromatic N) is 2. The molecule has 0 spiro atoms. The summed E-state index contributed by atoms with van der Waals surface area (Å²) >= 11 is 0. The predicted molar refractivity (Wildman–Crippen MR) is 133 cm³/mol. The standard InChI is InChI=1S/C23H36N4O2.HI/c1-2-24-23(25-14-8-16-27-15-7-3-4-11-22(27)28)26-17-20-9-5-6-10-21(20)29-18-19-12-13-19;/h5-6,9-10,19H,2-4,7-8,11-18H2,1H3,(H2,24,25,26);1H. The first-order valence-electron chi connectivity index (χ1n) is 11.3. The molecule has 0 atom stereocenters. The second kappa shape index (κ2) is 13.7. The average Bonchev–Trinajstić information content (AvgIpc) is 3.57. The van der Waals surface area contributed by atoms with Crippen molar-refractivity contribution < 1.29 is 9.53 Å². The molecule has 1 aliphatic carbocycles. The number of halogens is 1. The summed E-state index contributed by atoms with van der Waals surface area (Å²) in [7, 11) is 0. The van der Waals surface area contributed by atoms with Gasteiger partial charge in [0.2, 0.25) is 5.91 Å². The van der Waals surface area contributed by atoms with Crippen LogP contribution in [-0.4, -0.2) is 49.6 Å². The summed E-state index contributed by atoms with van der Waals surface area (Å²) in [5, 5.41) is 6.71. The molecule has 2 fully saturated rings. The number of nitrogens with one attached hydrogen (secondary N) is 2. The van der Waals surface area contributed by atoms with E-state index in [9.17, 15) is 4.79 Å². The van der Waals surface area contributed by atoms with E-state index in [4.69, 9.17) is 9.73 Å². The van der Waals surface area contributed by atoms with E-state index in [1.54, 1.807) is 0 Å². The Morgan fingerprint density at radius 3 is 2.83 bits per heavy atom. The Kier molecular flexibility index (Phi) is 11.3. The second-order valence-corrected chi connectivity index (χ2v) is 8.03. The molecule has 3 rings (SSSR count). The first-order chi connectivity index (χ1) is 14.3. The highest BCUT2D eigenvalue weighted by Crippen LogP contribution is 2.30. The van der Waals surface area contributed by atoms with E-state index in [1.807, 2.05) is 23.1 Å². The minimum Gasteiger partial charge on any atom is -0.493 e. The molecule has 1 aromatic carbocycles. The lowest BCUT2D eigenvalue weighted by atomic mass is 10.2. The zero-order valence-electron chi connectivity index (χ0n) is 18.2. The molecule has 1 amide bonds. The fourth-order valence-corrected chi connectivity index (χ4v) is 3.53. The molecule has 1 aliphatic heterocycles. The average molecular weight is 528 g/mol. The van der Waals surface area contributed by atoms with Crippen LogP contribution in [0.1, 0.15) is 57.4 Å². The minimum atomic E-state index is 0. The number of carbonyl (C=O) groups excluding carboxylic acids is 1. The van der Waals surface area contributed by atoms with Gasteiger partial charge in [0.1, 0.15) is 5.75 Å². The van der Waals surface area contributed by atoms with Crippen molar-refractivity contribution in [3.63, 3.8) is 0 Å². The van der Waals surface area contributed by atoms with Gasteiger partial charge in [-0.05, 0) is 51.0 Å². The van der Waals surface area contributed by atoms with Crippen molar-refractivity contribution in [3.8, 4) is 5.75 Å². The largest absolute Gasteiger partial charge is 0.493 e. The van der Waals surface area contributed by atoms with Crippen LogP contribution < -0.4 is 15.4 Å². The van der Waals surface area contributed by atoms with Crippen LogP contribution in [0.2, 0.25) is 0 Å². The zero-order valence-corrected chi connectivity index (χ0v) is 20.5. The number of hydrogen-bond donors (Lipinski definition) is 2. The summed E-state index contributed by atoms with van der Waals surface area (Å²) in [5.74, 6) is 2.80. The number of para-hydroxylation sites is 1. The van der Waals surface area contributed by atoms with Crippen molar-refractivity contribution >= 4 is 35.8 Å². The maximum Gasteiger partial charge on any atom is 0.222 e. The molecule has 168 valence electrons. The molecule has 1 aromatic rings. The first kappa shape index (κ1) is 24.8. The van der Waals surface area contributed by atoms with Gasteiger partial charge in [0.25, 0.3) is 0 Å². The number of guanidine groups is 1. The van der Waals surface area contributed by atoms with E-state index in [0.717, 1.165) is 75.2 Å². The van der Waals surface area contributed by atoms with Gasteiger partial charge in [0.05, 0.1) is 13.2 Å². The quantitative estimate of drug-likeness (QED) is 0.209. The first-order valence-corrected chi connectivity index (χ1v) is 11.3. The van der Waals surface area contributed by atoms with E-state index in [2.05, 4.69) is 23.6 Å². The number of benzene rings is 1. The molecule has 1 saturated carbocycles. The van der Waals surface area contributed by atoms with Gasteiger partial charge in [0, 0.05) is 38.2 Å². The van der Waals surface area contributed by atoms with Crippen molar-refractivity contribution in [2.24, 2.45) is 10.9 Å².